The molecule has 0 aliphatic carbocycles. The Balaban J connectivity index is 3.20. The number of rotatable bonds is 5. The van der Waals surface area contributed by atoms with Gasteiger partial charge in [-0.3, -0.25) is 4.79 Å². The molecule has 104 valence electrons. The third-order valence-electron chi connectivity index (χ3n) is 2.28. The number of aliphatic imine (C=N–C) groups is 1. The maximum Gasteiger partial charge on any atom is 0.350 e. The van der Waals surface area contributed by atoms with Crippen LogP contribution >= 0.6 is 11.3 Å². The summed E-state index contributed by atoms with van der Waals surface area (Å²) in [5.74, 6) is -0.588. The van der Waals surface area contributed by atoms with Crippen LogP contribution < -0.4 is 0 Å². The number of carbonyl (C=O) groups is 2. The fraction of sp³-hybridized carbons (Fsp3) is 0.462. The lowest BCUT2D eigenvalue weighted by Gasteiger charge is -2.02. The van der Waals surface area contributed by atoms with E-state index < -0.39 is 5.97 Å². The van der Waals surface area contributed by atoms with Gasteiger partial charge in [0, 0.05) is 20.0 Å². The van der Waals surface area contributed by atoms with Gasteiger partial charge in [0.1, 0.15) is 4.88 Å². The normalized spacial score (nSPS) is 11.1. The first-order valence-electron chi connectivity index (χ1n) is 5.83. The molecule has 1 rings (SSSR count). The first-order chi connectivity index (χ1) is 8.86. The Morgan fingerprint density at radius 2 is 2.05 bits per heavy atom. The molecule has 5 nitrogen and oxygen atoms in total. The number of ketones is 1. The van der Waals surface area contributed by atoms with Crippen LogP contribution in [0.1, 0.15) is 33.2 Å². The van der Waals surface area contributed by atoms with Crippen LogP contribution in [0.4, 0.5) is 5.69 Å². The van der Waals surface area contributed by atoms with Gasteiger partial charge in [-0.1, -0.05) is 13.8 Å². The number of hydrogen-bond donors (Lipinski definition) is 0. The van der Waals surface area contributed by atoms with E-state index in [0.717, 1.165) is 11.3 Å². The molecule has 1 heterocycles. The number of methoxy groups -OCH3 is 1. The average molecular weight is 282 g/mol. The number of thiophene rings is 1. The molecular weight excluding hydrogens is 264 g/mol. The van der Waals surface area contributed by atoms with Crippen molar-refractivity contribution < 1.29 is 14.3 Å². The number of Topliss-reactive ketones (excluding diaryl/α,β-unsaturated/α-hetero) is 1. The molecule has 0 atom stereocenters. The average Bonchev–Trinajstić information content (AvgIpc) is 2.78. The lowest BCUT2D eigenvalue weighted by molar-refractivity contribution is 0.0607. The predicted octanol–water partition coefficient (Wildman–Crippen LogP) is 2.59. The molecule has 0 unspecified atom stereocenters. The molecule has 0 aliphatic rings. The van der Waals surface area contributed by atoms with Gasteiger partial charge in [0.05, 0.1) is 24.0 Å². The minimum Gasteiger partial charge on any atom is -0.465 e. The fourth-order valence-electron chi connectivity index (χ4n) is 1.30. The van der Waals surface area contributed by atoms with E-state index in [1.54, 1.807) is 17.3 Å². The first-order valence-corrected chi connectivity index (χ1v) is 6.65. The lowest BCUT2D eigenvalue weighted by Crippen LogP contribution is -2.07. The van der Waals surface area contributed by atoms with Gasteiger partial charge in [-0.25, -0.2) is 9.79 Å². The largest absolute Gasteiger partial charge is 0.465 e. The molecule has 0 N–H and O–H groups in total. The van der Waals surface area contributed by atoms with Crippen LogP contribution in [-0.4, -0.2) is 44.2 Å². The van der Waals surface area contributed by atoms with Crippen molar-refractivity contribution >= 4 is 35.1 Å². The summed E-state index contributed by atoms with van der Waals surface area (Å²) in [4.78, 5) is 30.5. The van der Waals surface area contributed by atoms with Crippen molar-refractivity contribution in [2.24, 2.45) is 10.9 Å². The summed E-state index contributed by atoms with van der Waals surface area (Å²) in [5, 5.41) is 0. The predicted molar refractivity (Wildman–Crippen MR) is 76.7 cm³/mol. The minimum atomic E-state index is -0.473. The fourth-order valence-corrected chi connectivity index (χ4v) is 2.41. The van der Waals surface area contributed by atoms with Crippen molar-refractivity contribution in [2.45, 2.75) is 13.8 Å². The zero-order valence-corrected chi connectivity index (χ0v) is 12.6. The third-order valence-corrected chi connectivity index (χ3v) is 3.40. The Morgan fingerprint density at radius 3 is 2.53 bits per heavy atom. The quantitative estimate of drug-likeness (QED) is 0.360. The van der Waals surface area contributed by atoms with Crippen LogP contribution in [0.3, 0.4) is 0 Å². The zero-order valence-electron chi connectivity index (χ0n) is 11.8. The van der Waals surface area contributed by atoms with Gasteiger partial charge in [-0.2, -0.15) is 0 Å². The van der Waals surface area contributed by atoms with E-state index in [1.165, 1.54) is 7.11 Å². The van der Waals surface area contributed by atoms with Crippen molar-refractivity contribution in [1.82, 2.24) is 4.90 Å². The molecule has 0 aliphatic heterocycles. The summed E-state index contributed by atoms with van der Waals surface area (Å²) < 4.78 is 4.71. The molecule has 0 saturated heterocycles. The Bertz CT molecular complexity index is 504. The van der Waals surface area contributed by atoms with Crippen molar-refractivity contribution in [3.63, 3.8) is 0 Å². The van der Waals surface area contributed by atoms with E-state index in [0.29, 0.717) is 15.4 Å². The molecule has 6 heteroatoms. The van der Waals surface area contributed by atoms with E-state index in [1.807, 2.05) is 27.9 Å². The molecule has 19 heavy (non-hydrogen) atoms. The number of esters is 1. The van der Waals surface area contributed by atoms with Crippen LogP contribution in [0.2, 0.25) is 0 Å². The third kappa shape index (κ3) is 3.89. The Hall–Kier alpha value is -1.69. The van der Waals surface area contributed by atoms with Crippen molar-refractivity contribution in [2.75, 3.05) is 21.2 Å². The van der Waals surface area contributed by atoms with Crippen LogP contribution in [-0.2, 0) is 4.74 Å². The summed E-state index contributed by atoms with van der Waals surface area (Å²) in [6.45, 7) is 3.64. The molecule has 0 bridgehead atoms. The topological polar surface area (TPSA) is 59.0 Å². The molecular formula is C13H18N2O3S. The molecule has 0 saturated carbocycles. The van der Waals surface area contributed by atoms with Crippen LogP contribution in [0, 0.1) is 5.92 Å². The van der Waals surface area contributed by atoms with Crippen molar-refractivity contribution in [3.05, 3.63) is 15.8 Å². The molecule has 0 amide bonds. The van der Waals surface area contributed by atoms with Crippen LogP contribution in [0.15, 0.2) is 11.1 Å². The number of ether oxygens (including phenoxy) is 1. The maximum atomic E-state index is 12.0. The molecule has 0 radical (unpaired) electrons. The standard InChI is InChI=1S/C13H18N2O3S/c1-8(2)11(16)10-6-9(14-7-15(3)4)12(19-10)13(17)18-5/h6-8H,1-5H3. The molecule has 1 aromatic heterocycles. The molecule has 0 fully saturated rings. The number of hydrogen-bond acceptors (Lipinski definition) is 5. The zero-order chi connectivity index (χ0) is 14.6. The van der Waals surface area contributed by atoms with E-state index in [2.05, 4.69) is 4.99 Å². The lowest BCUT2D eigenvalue weighted by atomic mass is 10.1. The monoisotopic (exact) mass is 282 g/mol. The highest BCUT2D eigenvalue weighted by Crippen LogP contribution is 2.31. The highest BCUT2D eigenvalue weighted by molar-refractivity contribution is 7.16. The van der Waals surface area contributed by atoms with E-state index in [4.69, 9.17) is 4.74 Å². The van der Waals surface area contributed by atoms with E-state index in [9.17, 15) is 9.59 Å². The SMILES string of the molecule is COC(=O)c1sc(C(=O)C(C)C)cc1N=CN(C)C. The Labute approximate surface area is 116 Å². The van der Waals surface area contributed by atoms with E-state index >= 15 is 0 Å². The maximum absolute atomic E-state index is 12.0. The first kappa shape index (κ1) is 15.4. The summed E-state index contributed by atoms with van der Waals surface area (Å²) in [5.41, 5.74) is 0.467. The van der Waals surface area contributed by atoms with Gasteiger partial charge in [0.25, 0.3) is 0 Å². The van der Waals surface area contributed by atoms with Crippen molar-refractivity contribution in [1.29, 1.82) is 0 Å². The molecule has 1 aromatic rings. The Morgan fingerprint density at radius 1 is 1.42 bits per heavy atom. The highest BCUT2D eigenvalue weighted by Gasteiger charge is 2.21. The number of nitrogens with zero attached hydrogens (tertiary/aromatic N) is 2. The minimum absolute atomic E-state index is 0.00135. The second-order valence-electron chi connectivity index (χ2n) is 4.54. The highest BCUT2D eigenvalue weighted by atomic mass is 32.1. The van der Waals surface area contributed by atoms with Crippen LogP contribution in [0.5, 0.6) is 0 Å². The second-order valence-corrected chi connectivity index (χ2v) is 5.60. The summed E-state index contributed by atoms with van der Waals surface area (Å²) in [7, 11) is 4.97. The second kappa shape index (κ2) is 6.47. The van der Waals surface area contributed by atoms with Gasteiger partial charge in [-0.15, -0.1) is 11.3 Å². The summed E-state index contributed by atoms with van der Waals surface area (Å²) in [6, 6.07) is 1.64. The van der Waals surface area contributed by atoms with Crippen LogP contribution in [0.25, 0.3) is 0 Å². The molecule has 0 aromatic carbocycles. The van der Waals surface area contributed by atoms with Gasteiger partial charge >= 0.3 is 5.97 Å². The van der Waals surface area contributed by atoms with Gasteiger partial charge in [-0.05, 0) is 6.07 Å². The van der Waals surface area contributed by atoms with Crippen molar-refractivity contribution in [3.8, 4) is 0 Å². The number of carbonyl (C=O) groups excluding carboxylic acids is 2. The van der Waals surface area contributed by atoms with Gasteiger partial charge < -0.3 is 9.64 Å². The van der Waals surface area contributed by atoms with E-state index in [-0.39, 0.29) is 11.7 Å². The van der Waals surface area contributed by atoms with Gasteiger partial charge in [0.15, 0.2) is 5.78 Å². The Kier molecular flexibility index (Phi) is 5.23. The molecule has 0 spiro atoms. The smallest absolute Gasteiger partial charge is 0.350 e. The summed E-state index contributed by atoms with van der Waals surface area (Å²) >= 11 is 1.12. The van der Waals surface area contributed by atoms with Gasteiger partial charge in [0.2, 0.25) is 0 Å². The summed E-state index contributed by atoms with van der Waals surface area (Å²) in [6.07, 6.45) is 1.58.